The van der Waals surface area contributed by atoms with Crippen LogP contribution in [0.4, 0.5) is 0 Å². The van der Waals surface area contributed by atoms with Gasteiger partial charge in [0.25, 0.3) is 0 Å². The predicted molar refractivity (Wildman–Crippen MR) is 83.7 cm³/mol. The Labute approximate surface area is 115 Å². The van der Waals surface area contributed by atoms with Gasteiger partial charge in [-0.25, -0.2) is 0 Å². The van der Waals surface area contributed by atoms with Crippen LogP contribution in [0, 0.1) is 0 Å². The fraction of sp³-hybridized carbons (Fsp3) is 0.105. The molecular weight excluding hydrogens is 228 g/mol. The van der Waals surface area contributed by atoms with Crippen LogP contribution in [0.1, 0.15) is 24.5 Å². The van der Waals surface area contributed by atoms with E-state index in [0.29, 0.717) is 0 Å². The van der Waals surface area contributed by atoms with E-state index in [0.717, 1.165) is 28.7 Å². The van der Waals surface area contributed by atoms with Gasteiger partial charge >= 0.3 is 0 Å². The zero-order valence-corrected chi connectivity index (χ0v) is 11.3. The molecular formula is C19H18. The largest absolute Gasteiger partial charge is 0.116 e. The summed E-state index contributed by atoms with van der Waals surface area (Å²) in [6.45, 7) is 6.35. The maximum absolute atomic E-state index is 4.24. The zero-order chi connectivity index (χ0) is 13.5. The lowest BCUT2D eigenvalue weighted by Gasteiger charge is -2.09. The second-order valence-corrected chi connectivity index (χ2v) is 4.34. The second-order valence-electron chi connectivity index (χ2n) is 4.34. The average Bonchev–Trinajstić information content (AvgIpc) is 2.49. The molecule has 0 radical (unpaired) electrons. The quantitative estimate of drug-likeness (QED) is 0.504. The third kappa shape index (κ3) is 3.34. The van der Waals surface area contributed by atoms with Gasteiger partial charge in [-0.2, -0.15) is 0 Å². The highest BCUT2D eigenvalue weighted by atomic mass is 14.1. The zero-order valence-electron chi connectivity index (χ0n) is 11.3. The molecule has 2 aromatic rings. The Morgan fingerprint density at radius 3 is 2.00 bits per heavy atom. The van der Waals surface area contributed by atoms with Gasteiger partial charge in [-0.15, -0.1) is 5.73 Å². The third-order valence-electron chi connectivity index (χ3n) is 2.94. The molecule has 0 aliphatic rings. The van der Waals surface area contributed by atoms with E-state index in [1.54, 1.807) is 0 Å². The molecule has 2 rings (SSSR count). The Hall–Kier alpha value is -2.30. The van der Waals surface area contributed by atoms with Gasteiger partial charge in [0.15, 0.2) is 0 Å². The molecule has 0 heteroatoms. The Morgan fingerprint density at radius 1 is 0.947 bits per heavy atom. The molecule has 0 saturated carbocycles. The highest BCUT2D eigenvalue weighted by molar-refractivity contribution is 6.03. The normalized spacial score (nSPS) is 9.53. The fourth-order valence-electron chi connectivity index (χ4n) is 1.94. The van der Waals surface area contributed by atoms with Gasteiger partial charge < -0.3 is 0 Å². The highest BCUT2D eigenvalue weighted by Crippen LogP contribution is 2.28. The van der Waals surface area contributed by atoms with Crippen molar-refractivity contribution in [1.29, 1.82) is 0 Å². The van der Waals surface area contributed by atoms with Crippen molar-refractivity contribution in [1.82, 2.24) is 0 Å². The van der Waals surface area contributed by atoms with Crippen LogP contribution in [0.3, 0.4) is 0 Å². The van der Waals surface area contributed by atoms with Gasteiger partial charge in [0.1, 0.15) is 0 Å². The van der Waals surface area contributed by atoms with E-state index in [4.69, 9.17) is 0 Å². The lowest BCUT2D eigenvalue weighted by atomic mass is 9.94. The first kappa shape index (κ1) is 13.1. The van der Waals surface area contributed by atoms with Crippen molar-refractivity contribution in [2.75, 3.05) is 0 Å². The minimum Gasteiger partial charge on any atom is -0.116 e. The number of benzene rings is 2. The molecule has 0 aromatic heterocycles. The molecule has 0 amide bonds. The molecule has 94 valence electrons. The van der Waals surface area contributed by atoms with Crippen molar-refractivity contribution in [3.05, 3.63) is 90.2 Å². The van der Waals surface area contributed by atoms with Crippen LogP contribution in [0.15, 0.2) is 79.0 Å². The van der Waals surface area contributed by atoms with Crippen molar-refractivity contribution >= 4 is 11.1 Å². The topological polar surface area (TPSA) is 0 Å². The molecule has 0 N–H and O–H groups in total. The Bertz CT molecular complexity index is 597. The molecule has 0 nitrogen and oxygen atoms in total. The van der Waals surface area contributed by atoms with E-state index in [9.17, 15) is 0 Å². The molecule has 19 heavy (non-hydrogen) atoms. The standard InChI is InChI=1S/C19H18/c1-3-4-15-19(18-13-9-6-10-14-18)16(2)17-11-7-5-8-12-17/h4-14H,2-3H2,1H3. The van der Waals surface area contributed by atoms with E-state index >= 15 is 0 Å². The summed E-state index contributed by atoms with van der Waals surface area (Å²) in [7, 11) is 0. The molecule has 0 aliphatic carbocycles. The smallest absolute Gasteiger partial charge is 0.0306 e. The SMILES string of the molecule is C=C(C(=C=CCC)c1ccccc1)c1ccccc1. The van der Waals surface area contributed by atoms with Gasteiger partial charge in [-0.3, -0.25) is 0 Å². The van der Waals surface area contributed by atoms with Gasteiger partial charge in [-0.1, -0.05) is 74.2 Å². The van der Waals surface area contributed by atoms with Crippen molar-refractivity contribution in [2.45, 2.75) is 13.3 Å². The minimum absolute atomic E-state index is 0.971. The molecule has 0 saturated heterocycles. The molecule has 0 heterocycles. The van der Waals surface area contributed by atoms with Gasteiger partial charge in [-0.05, 0) is 29.2 Å². The highest BCUT2D eigenvalue weighted by Gasteiger charge is 2.06. The number of hydrogen-bond acceptors (Lipinski definition) is 0. The third-order valence-corrected chi connectivity index (χ3v) is 2.94. The first-order valence-corrected chi connectivity index (χ1v) is 6.58. The van der Waals surface area contributed by atoms with Crippen molar-refractivity contribution in [2.24, 2.45) is 0 Å². The van der Waals surface area contributed by atoms with Crippen molar-refractivity contribution in [3.8, 4) is 0 Å². The van der Waals surface area contributed by atoms with Crippen LogP contribution >= 0.6 is 0 Å². The first-order chi connectivity index (χ1) is 9.33. The van der Waals surface area contributed by atoms with E-state index < -0.39 is 0 Å². The molecule has 0 unspecified atom stereocenters. The second kappa shape index (κ2) is 6.58. The minimum atomic E-state index is 0.971. The van der Waals surface area contributed by atoms with Gasteiger partial charge in [0.05, 0.1) is 0 Å². The Morgan fingerprint density at radius 2 is 1.47 bits per heavy atom. The lowest BCUT2D eigenvalue weighted by Crippen LogP contribution is -1.88. The monoisotopic (exact) mass is 246 g/mol. The Balaban J connectivity index is 2.46. The molecule has 2 aromatic carbocycles. The van der Waals surface area contributed by atoms with Crippen LogP contribution in [0.25, 0.3) is 11.1 Å². The summed E-state index contributed by atoms with van der Waals surface area (Å²) in [4.78, 5) is 0. The molecule has 0 aliphatic heterocycles. The summed E-state index contributed by atoms with van der Waals surface area (Å²) in [5.74, 6) is 0. The fourth-order valence-corrected chi connectivity index (χ4v) is 1.94. The maximum atomic E-state index is 4.24. The van der Waals surface area contributed by atoms with Gasteiger partial charge in [0, 0.05) is 5.57 Å². The summed E-state index contributed by atoms with van der Waals surface area (Å²) < 4.78 is 0. The summed E-state index contributed by atoms with van der Waals surface area (Å²) in [6.07, 6.45) is 3.02. The summed E-state index contributed by atoms with van der Waals surface area (Å²) in [5.41, 5.74) is 7.74. The molecule has 0 spiro atoms. The van der Waals surface area contributed by atoms with Crippen LogP contribution in [0.5, 0.6) is 0 Å². The number of allylic oxidation sites excluding steroid dienone is 2. The van der Waals surface area contributed by atoms with Crippen molar-refractivity contribution in [3.63, 3.8) is 0 Å². The van der Waals surface area contributed by atoms with Gasteiger partial charge in [0.2, 0.25) is 0 Å². The molecule has 0 atom stereocenters. The van der Waals surface area contributed by atoms with E-state index in [1.165, 1.54) is 0 Å². The summed E-state index contributed by atoms with van der Waals surface area (Å²) >= 11 is 0. The maximum Gasteiger partial charge on any atom is 0.0306 e. The van der Waals surface area contributed by atoms with Crippen molar-refractivity contribution < 1.29 is 0 Å². The summed E-state index contributed by atoms with van der Waals surface area (Å²) in [6, 6.07) is 20.6. The molecule has 0 fully saturated rings. The van der Waals surface area contributed by atoms with Crippen LogP contribution in [-0.2, 0) is 0 Å². The number of rotatable bonds is 4. The first-order valence-electron chi connectivity index (χ1n) is 6.58. The average molecular weight is 246 g/mol. The molecule has 0 bridgehead atoms. The van der Waals surface area contributed by atoms with E-state index in [-0.39, 0.29) is 0 Å². The Kier molecular flexibility index (Phi) is 4.55. The van der Waals surface area contributed by atoms with Crippen LogP contribution in [0.2, 0.25) is 0 Å². The number of hydrogen-bond donors (Lipinski definition) is 0. The van der Waals surface area contributed by atoms with Crippen LogP contribution in [-0.4, -0.2) is 0 Å². The van der Waals surface area contributed by atoms with Crippen LogP contribution < -0.4 is 0 Å². The predicted octanol–water partition coefficient (Wildman–Crippen LogP) is 5.35. The summed E-state index contributed by atoms with van der Waals surface area (Å²) in [5, 5.41) is 0. The van der Waals surface area contributed by atoms with E-state index in [1.807, 2.05) is 36.4 Å². The lowest BCUT2D eigenvalue weighted by molar-refractivity contribution is 1.23. The van der Waals surface area contributed by atoms with E-state index in [2.05, 4.69) is 49.6 Å².